The zero-order chi connectivity index (χ0) is 18.7. The molecule has 2 aromatic carbocycles. The van der Waals surface area contributed by atoms with Gasteiger partial charge in [-0.3, -0.25) is 9.59 Å². The van der Waals surface area contributed by atoms with Gasteiger partial charge in [0.05, 0.1) is 7.11 Å². The number of carbonyl (C=O) groups is 2. The molecule has 5 nitrogen and oxygen atoms in total. The number of aryl methyl sites for hydroxylation is 1. The molecule has 3 rings (SSSR count). The highest BCUT2D eigenvalue weighted by molar-refractivity contribution is 6.13. The Balaban J connectivity index is 1.67. The van der Waals surface area contributed by atoms with Crippen molar-refractivity contribution >= 4 is 17.5 Å². The monoisotopic (exact) mass is 352 g/mol. The van der Waals surface area contributed by atoms with Gasteiger partial charge in [0.25, 0.3) is 0 Å². The van der Waals surface area contributed by atoms with E-state index >= 15 is 0 Å². The van der Waals surface area contributed by atoms with Crippen LogP contribution in [-0.4, -0.2) is 18.9 Å². The first-order valence-corrected chi connectivity index (χ1v) is 8.76. The van der Waals surface area contributed by atoms with E-state index in [1.807, 2.05) is 56.3 Å². The van der Waals surface area contributed by atoms with Crippen LogP contribution in [0.15, 0.2) is 42.5 Å². The summed E-state index contributed by atoms with van der Waals surface area (Å²) in [7, 11) is 1.60. The number of benzene rings is 2. The van der Waals surface area contributed by atoms with Crippen LogP contribution in [0.1, 0.15) is 29.5 Å². The van der Waals surface area contributed by atoms with Gasteiger partial charge in [0.15, 0.2) is 0 Å². The Morgan fingerprint density at radius 3 is 2.46 bits per heavy atom. The van der Waals surface area contributed by atoms with Crippen LogP contribution in [0.25, 0.3) is 0 Å². The Morgan fingerprint density at radius 1 is 1.04 bits per heavy atom. The summed E-state index contributed by atoms with van der Waals surface area (Å²) in [5.74, 6) is 0.257. The van der Waals surface area contributed by atoms with Gasteiger partial charge >= 0.3 is 0 Å². The van der Waals surface area contributed by atoms with Crippen molar-refractivity contribution in [1.29, 1.82) is 0 Å². The number of amides is 2. The summed E-state index contributed by atoms with van der Waals surface area (Å²) >= 11 is 0. The third kappa shape index (κ3) is 3.43. The zero-order valence-electron chi connectivity index (χ0n) is 15.4. The summed E-state index contributed by atoms with van der Waals surface area (Å²) in [5, 5.41) is 5.82. The second-order valence-electron chi connectivity index (χ2n) is 6.78. The van der Waals surface area contributed by atoms with Gasteiger partial charge in [0.2, 0.25) is 11.8 Å². The third-order valence-electron chi connectivity index (χ3n) is 5.10. The molecule has 0 unspecified atom stereocenters. The molecule has 1 aliphatic carbocycles. The summed E-state index contributed by atoms with van der Waals surface area (Å²) in [6.07, 6.45) is 1.14. The lowest BCUT2D eigenvalue weighted by atomic mass is 10.0. The maximum atomic E-state index is 12.7. The zero-order valence-corrected chi connectivity index (χ0v) is 15.4. The van der Waals surface area contributed by atoms with Crippen LogP contribution in [0.5, 0.6) is 5.75 Å². The normalized spacial score (nSPS) is 14.4. The largest absolute Gasteiger partial charge is 0.496 e. The molecule has 136 valence electrons. The van der Waals surface area contributed by atoms with Crippen molar-refractivity contribution in [2.75, 3.05) is 12.4 Å². The first kappa shape index (κ1) is 18.0. The molecule has 0 aromatic heterocycles. The van der Waals surface area contributed by atoms with E-state index in [1.54, 1.807) is 7.11 Å². The predicted octanol–water partition coefficient (Wildman–Crippen LogP) is 3.35. The summed E-state index contributed by atoms with van der Waals surface area (Å²) in [4.78, 5) is 25.4. The number of anilines is 1. The standard InChI is InChI=1S/C21H24N2O3/c1-14-7-6-9-17(15(14)2)23-20(25)21(11-12-21)19(24)22-13-16-8-4-5-10-18(16)26-3/h4-10H,11-13H2,1-3H3,(H,22,24)(H,23,25). The smallest absolute Gasteiger partial charge is 0.240 e. The number of para-hydroxylation sites is 1. The fraction of sp³-hybridized carbons (Fsp3) is 0.333. The maximum Gasteiger partial charge on any atom is 0.240 e. The molecule has 1 fully saturated rings. The molecular weight excluding hydrogens is 328 g/mol. The molecule has 5 heteroatoms. The molecule has 0 saturated heterocycles. The van der Waals surface area contributed by atoms with Crippen LogP contribution in [0.3, 0.4) is 0 Å². The molecule has 26 heavy (non-hydrogen) atoms. The van der Waals surface area contributed by atoms with E-state index in [0.717, 1.165) is 28.1 Å². The van der Waals surface area contributed by atoms with Gasteiger partial charge in [0.1, 0.15) is 11.2 Å². The molecular formula is C21H24N2O3. The van der Waals surface area contributed by atoms with Crippen LogP contribution in [0.4, 0.5) is 5.69 Å². The van der Waals surface area contributed by atoms with Crippen LogP contribution in [0.2, 0.25) is 0 Å². The molecule has 2 N–H and O–H groups in total. The topological polar surface area (TPSA) is 67.4 Å². The highest BCUT2D eigenvalue weighted by atomic mass is 16.5. The van der Waals surface area contributed by atoms with Crippen molar-refractivity contribution in [2.45, 2.75) is 33.2 Å². The molecule has 0 bridgehead atoms. The van der Waals surface area contributed by atoms with E-state index in [-0.39, 0.29) is 11.8 Å². The van der Waals surface area contributed by atoms with Crippen LogP contribution < -0.4 is 15.4 Å². The number of nitrogens with one attached hydrogen (secondary N) is 2. The second kappa shape index (κ2) is 7.20. The summed E-state index contributed by atoms with van der Waals surface area (Å²) < 4.78 is 5.30. The molecule has 2 amide bonds. The lowest BCUT2D eigenvalue weighted by molar-refractivity contribution is -0.134. The van der Waals surface area contributed by atoms with Crippen molar-refractivity contribution in [3.63, 3.8) is 0 Å². The predicted molar refractivity (Wildman–Crippen MR) is 101 cm³/mol. The minimum absolute atomic E-state index is 0.230. The molecule has 0 aliphatic heterocycles. The fourth-order valence-corrected chi connectivity index (χ4v) is 3.00. The maximum absolute atomic E-state index is 12.7. The average Bonchev–Trinajstić information content (AvgIpc) is 3.46. The van der Waals surface area contributed by atoms with Crippen LogP contribution in [0, 0.1) is 19.3 Å². The van der Waals surface area contributed by atoms with Crippen molar-refractivity contribution in [2.24, 2.45) is 5.41 Å². The van der Waals surface area contributed by atoms with E-state index < -0.39 is 5.41 Å². The number of carbonyl (C=O) groups excluding carboxylic acids is 2. The lowest BCUT2D eigenvalue weighted by Gasteiger charge is -2.17. The third-order valence-corrected chi connectivity index (χ3v) is 5.10. The van der Waals surface area contributed by atoms with Gasteiger partial charge in [-0.25, -0.2) is 0 Å². The van der Waals surface area contributed by atoms with Gasteiger partial charge in [-0.1, -0.05) is 30.3 Å². The Morgan fingerprint density at radius 2 is 1.77 bits per heavy atom. The van der Waals surface area contributed by atoms with Crippen molar-refractivity contribution in [3.8, 4) is 5.75 Å². The lowest BCUT2D eigenvalue weighted by Crippen LogP contribution is -2.39. The minimum atomic E-state index is -0.960. The first-order valence-electron chi connectivity index (χ1n) is 8.76. The van der Waals surface area contributed by atoms with Crippen molar-refractivity contribution < 1.29 is 14.3 Å². The molecule has 1 aliphatic rings. The van der Waals surface area contributed by atoms with E-state index in [4.69, 9.17) is 4.74 Å². The van der Waals surface area contributed by atoms with Gasteiger partial charge in [0, 0.05) is 17.8 Å². The number of rotatable bonds is 6. The average molecular weight is 352 g/mol. The molecule has 0 atom stereocenters. The van der Waals surface area contributed by atoms with Gasteiger partial charge in [-0.05, 0) is 49.9 Å². The number of methoxy groups -OCH3 is 1. The highest BCUT2D eigenvalue weighted by Gasteiger charge is 2.56. The Hall–Kier alpha value is -2.82. The van der Waals surface area contributed by atoms with Gasteiger partial charge in [-0.2, -0.15) is 0 Å². The quantitative estimate of drug-likeness (QED) is 0.784. The minimum Gasteiger partial charge on any atom is -0.496 e. The van der Waals surface area contributed by atoms with Gasteiger partial charge < -0.3 is 15.4 Å². The molecule has 0 spiro atoms. The summed E-state index contributed by atoms with van der Waals surface area (Å²) in [6.45, 7) is 4.30. The van der Waals surface area contributed by atoms with Crippen molar-refractivity contribution in [3.05, 3.63) is 59.2 Å². The van der Waals surface area contributed by atoms with E-state index in [0.29, 0.717) is 19.4 Å². The molecule has 0 heterocycles. The fourth-order valence-electron chi connectivity index (χ4n) is 3.00. The highest BCUT2D eigenvalue weighted by Crippen LogP contribution is 2.47. The number of hydrogen-bond donors (Lipinski definition) is 2. The van der Waals surface area contributed by atoms with E-state index in [1.165, 1.54) is 0 Å². The van der Waals surface area contributed by atoms with E-state index in [2.05, 4.69) is 10.6 Å². The first-order chi connectivity index (χ1) is 12.5. The van der Waals surface area contributed by atoms with Crippen LogP contribution in [-0.2, 0) is 16.1 Å². The Kier molecular flexibility index (Phi) is 4.98. The van der Waals surface area contributed by atoms with Crippen LogP contribution >= 0.6 is 0 Å². The van der Waals surface area contributed by atoms with Gasteiger partial charge in [-0.15, -0.1) is 0 Å². The number of ether oxygens (including phenoxy) is 1. The Labute approximate surface area is 153 Å². The summed E-state index contributed by atoms with van der Waals surface area (Å²) in [5.41, 5.74) is 2.81. The SMILES string of the molecule is COc1ccccc1CNC(=O)C1(C(=O)Nc2cccc(C)c2C)CC1. The molecule has 1 saturated carbocycles. The van der Waals surface area contributed by atoms with Crippen molar-refractivity contribution in [1.82, 2.24) is 5.32 Å². The van der Waals surface area contributed by atoms with E-state index in [9.17, 15) is 9.59 Å². The number of hydrogen-bond acceptors (Lipinski definition) is 3. The molecule has 0 radical (unpaired) electrons. The molecule has 2 aromatic rings. The summed E-state index contributed by atoms with van der Waals surface area (Å²) in [6, 6.07) is 13.3. The second-order valence-corrected chi connectivity index (χ2v) is 6.78. The Bertz CT molecular complexity index is 841.